The molecule has 0 aromatic heterocycles. The third-order valence-electron chi connectivity index (χ3n) is 4.35. The molecule has 7 heteroatoms. The van der Waals surface area contributed by atoms with Crippen LogP contribution < -0.4 is 0 Å². The first-order valence-electron chi connectivity index (χ1n) is 9.31. The number of rotatable bonds is 8. The maximum absolute atomic E-state index is 12.8. The lowest BCUT2D eigenvalue weighted by Crippen LogP contribution is -2.27. The second-order valence-electron chi connectivity index (χ2n) is 6.38. The van der Waals surface area contributed by atoms with Crippen molar-refractivity contribution in [2.75, 3.05) is 0 Å². The number of non-ortho nitro benzene ring substituents is 1. The molecule has 3 aromatic carbocycles. The molecule has 1 unspecified atom stereocenters. The van der Waals surface area contributed by atoms with E-state index in [1.807, 2.05) is 6.07 Å². The van der Waals surface area contributed by atoms with Crippen LogP contribution in [-0.2, 0) is 4.74 Å². The highest BCUT2D eigenvalue weighted by atomic mass is 32.2. The Morgan fingerprint density at radius 2 is 1.60 bits per heavy atom. The summed E-state index contributed by atoms with van der Waals surface area (Å²) in [5.74, 6) is -0.830. The summed E-state index contributed by atoms with van der Waals surface area (Å²) in [6.45, 7) is 1.79. The van der Waals surface area contributed by atoms with Crippen molar-refractivity contribution in [2.45, 2.75) is 29.2 Å². The summed E-state index contributed by atoms with van der Waals surface area (Å²) >= 11 is 1.29. The zero-order chi connectivity index (χ0) is 21.5. The number of nitrogens with zero attached hydrogens (tertiary/aromatic N) is 1. The fourth-order valence-corrected chi connectivity index (χ4v) is 3.72. The maximum atomic E-state index is 12.8. The Kier molecular flexibility index (Phi) is 6.98. The van der Waals surface area contributed by atoms with Crippen molar-refractivity contribution in [1.29, 1.82) is 0 Å². The van der Waals surface area contributed by atoms with E-state index in [1.54, 1.807) is 67.6 Å². The van der Waals surface area contributed by atoms with E-state index in [2.05, 4.69) is 0 Å². The van der Waals surface area contributed by atoms with Gasteiger partial charge < -0.3 is 4.74 Å². The molecular weight excluding hydrogens is 402 g/mol. The third-order valence-corrected chi connectivity index (χ3v) is 5.44. The zero-order valence-corrected chi connectivity index (χ0v) is 17.0. The van der Waals surface area contributed by atoms with E-state index in [1.165, 1.54) is 23.9 Å². The smallest absolute Gasteiger partial charge is 0.340 e. The van der Waals surface area contributed by atoms with Gasteiger partial charge in [0.2, 0.25) is 5.78 Å². The highest BCUT2D eigenvalue weighted by Gasteiger charge is 2.24. The van der Waals surface area contributed by atoms with E-state index in [-0.39, 0.29) is 11.5 Å². The van der Waals surface area contributed by atoms with Crippen molar-refractivity contribution < 1.29 is 19.2 Å². The number of ketones is 1. The van der Waals surface area contributed by atoms with Crippen LogP contribution in [0.2, 0.25) is 0 Å². The van der Waals surface area contributed by atoms with Gasteiger partial charge in [-0.05, 0) is 30.7 Å². The molecular formula is C23H19NO5S. The van der Waals surface area contributed by atoms with Gasteiger partial charge in [0.1, 0.15) is 0 Å². The molecule has 30 heavy (non-hydrogen) atoms. The van der Waals surface area contributed by atoms with Crippen LogP contribution in [0.3, 0.4) is 0 Å². The monoisotopic (exact) mass is 421 g/mol. The van der Waals surface area contributed by atoms with Crippen molar-refractivity contribution in [1.82, 2.24) is 0 Å². The molecule has 0 fully saturated rings. The van der Waals surface area contributed by atoms with E-state index in [0.29, 0.717) is 22.4 Å². The molecule has 0 aliphatic rings. The summed E-state index contributed by atoms with van der Waals surface area (Å²) in [6.07, 6.45) is -0.519. The molecule has 0 bridgehead atoms. The molecule has 3 aromatic rings. The van der Waals surface area contributed by atoms with E-state index >= 15 is 0 Å². The quantitative estimate of drug-likeness (QED) is 0.205. The number of nitro benzene ring substituents is 1. The number of carbonyl (C=O) groups is 2. The van der Waals surface area contributed by atoms with Crippen molar-refractivity contribution in [3.05, 3.63) is 100 Å². The lowest BCUT2D eigenvalue weighted by molar-refractivity contribution is -0.384. The average Bonchev–Trinajstić information content (AvgIpc) is 2.78. The van der Waals surface area contributed by atoms with E-state index in [4.69, 9.17) is 4.74 Å². The fraction of sp³-hybridized carbons (Fsp3) is 0.130. The predicted molar refractivity (Wildman–Crippen MR) is 114 cm³/mol. The van der Waals surface area contributed by atoms with Gasteiger partial charge in [-0.15, -0.1) is 0 Å². The fourth-order valence-electron chi connectivity index (χ4n) is 2.79. The minimum atomic E-state index is -0.877. The molecule has 6 nitrogen and oxygen atoms in total. The predicted octanol–water partition coefficient (Wildman–Crippen LogP) is 5.56. The molecule has 0 saturated heterocycles. The van der Waals surface area contributed by atoms with Crippen LogP contribution in [0.4, 0.5) is 5.69 Å². The molecule has 152 valence electrons. The van der Waals surface area contributed by atoms with Crippen LogP contribution in [0.5, 0.6) is 0 Å². The van der Waals surface area contributed by atoms with Gasteiger partial charge >= 0.3 is 5.97 Å². The first-order chi connectivity index (χ1) is 14.5. The molecule has 0 heterocycles. The Morgan fingerprint density at radius 1 is 0.967 bits per heavy atom. The van der Waals surface area contributed by atoms with Crippen LogP contribution in [0.1, 0.15) is 34.1 Å². The van der Waals surface area contributed by atoms with Gasteiger partial charge in [-0.1, -0.05) is 61.2 Å². The van der Waals surface area contributed by atoms with Gasteiger partial charge in [0, 0.05) is 27.5 Å². The van der Waals surface area contributed by atoms with Gasteiger partial charge in [0.05, 0.1) is 10.5 Å². The highest BCUT2D eigenvalue weighted by Crippen LogP contribution is 2.32. The summed E-state index contributed by atoms with van der Waals surface area (Å²) in [7, 11) is 0. The first-order valence-corrected chi connectivity index (χ1v) is 10.1. The Hall–Kier alpha value is -3.45. The van der Waals surface area contributed by atoms with Crippen LogP contribution in [0.15, 0.2) is 88.7 Å². The number of esters is 1. The van der Waals surface area contributed by atoms with Gasteiger partial charge in [0.25, 0.3) is 5.69 Å². The highest BCUT2D eigenvalue weighted by molar-refractivity contribution is 7.99. The summed E-state index contributed by atoms with van der Waals surface area (Å²) in [5.41, 5.74) is 0.822. The Balaban J connectivity index is 1.77. The average molecular weight is 421 g/mol. The number of hydrogen-bond acceptors (Lipinski definition) is 6. The molecule has 0 aliphatic carbocycles. The van der Waals surface area contributed by atoms with E-state index in [9.17, 15) is 19.7 Å². The van der Waals surface area contributed by atoms with Gasteiger partial charge in [-0.3, -0.25) is 14.9 Å². The van der Waals surface area contributed by atoms with Crippen molar-refractivity contribution in [3.63, 3.8) is 0 Å². The lowest BCUT2D eigenvalue weighted by Gasteiger charge is -2.16. The molecule has 0 saturated carbocycles. The van der Waals surface area contributed by atoms with Gasteiger partial charge in [-0.25, -0.2) is 4.79 Å². The minimum Gasteiger partial charge on any atom is -0.450 e. The Labute approximate surface area is 178 Å². The second-order valence-corrected chi connectivity index (χ2v) is 7.50. The molecule has 0 spiro atoms. The van der Waals surface area contributed by atoms with Crippen molar-refractivity contribution >= 4 is 29.2 Å². The van der Waals surface area contributed by atoms with Crippen molar-refractivity contribution in [3.8, 4) is 0 Å². The number of ether oxygens (including phenoxy) is 1. The number of benzene rings is 3. The molecule has 3 rings (SSSR count). The Morgan fingerprint density at radius 3 is 2.23 bits per heavy atom. The van der Waals surface area contributed by atoms with E-state index in [0.717, 1.165) is 4.90 Å². The Bertz CT molecular complexity index is 1050. The van der Waals surface area contributed by atoms with E-state index < -0.39 is 17.0 Å². The number of nitro groups is 1. The van der Waals surface area contributed by atoms with Crippen LogP contribution in [0, 0.1) is 10.1 Å². The topological polar surface area (TPSA) is 86.5 Å². The third kappa shape index (κ3) is 5.12. The van der Waals surface area contributed by atoms with Crippen LogP contribution in [-0.4, -0.2) is 22.8 Å². The molecule has 0 aliphatic heterocycles. The number of hydrogen-bond donors (Lipinski definition) is 0. The normalized spacial score (nSPS) is 11.5. The molecule has 1 atom stereocenters. The van der Waals surface area contributed by atoms with Crippen molar-refractivity contribution in [2.24, 2.45) is 0 Å². The number of Topliss-reactive ketones (excluding diaryl/α,β-unsaturated/α-hetero) is 1. The summed E-state index contributed by atoms with van der Waals surface area (Å²) in [5, 5.41) is 10.8. The number of carbonyl (C=O) groups excluding carboxylic acids is 2. The maximum Gasteiger partial charge on any atom is 0.340 e. The molecule has 0 radical (unpaired) electrons. The molecule has 0 amide bonds. The SMILES string of the molecule is CCC(OC(=O)c1ccccc1Sc1ccc([N+](=O)[O-])cc1)C(=O)c1ccccc1. The summed E-state index contributed by atoms with van der Waals surface area (Å²) < 4.78 is 5.54. The van der Waals surface area contributed by atoms with Gasteiger partial charge in [-0.2, -0.15) is 0 Å². The van der Waals surface area contributed by atoms with Gasteiger partial charge in [0.15, 0.2) is 6.10 Å². The minimum absolute atomic E-state index is 0.00254. The lowest BCUT2D eigenvalue weighted by atomic mass is 10.0. The first kappa shape index (κ1) is 21.3. The summed E-state index contributed by atoms with van der Waals surface area (Å²) in [6, 6.07) is 21.7. The van der Waals surface area contributed by atoms with Crippen LogP contribution in [0.25, 0.3) is 0 Å². The zero-order valence-electron chi connectivity index (χ0n) is 16.2. The standard InChI is InChI=1S/C23H19NO5S/c1-2-20(22(25)16-8-4-3-5-9-16)29-23(26)19-10-6-7-11-21(19)30-18-14-12-17(13-15-18)24(27)28/h3-15,20H,2H2,1H3. The van der Waals surface area contributed by atoms with Crippen LogP contribution >= 0.6 is 11.8 Å². The molecule has 0 N–H and O–H groups in total. The summed E-state index contributed by atoms with van der Waals surface area (Å²) in [4.78, 5) is 37.2. The second kappa shape index (κ2) is 9.84. The largest absolute Gasteiger partial charge is 0.450 e.